The Bertz CT molecular complexity index is 211. The third-order valence-corrected chi connectivity index (χ3v) is 2.88. The molecule has 15 heavy (non-hydrogen) atoms. The number of rotatable bonds is 4. The van der Waals surface area contributed by atoms with Gasteiger partial charge >= 0.3 is 6.03 Å². The lowest BCUT2D eigenvalue weighted by molar-refractivity contribution is 0.208. The van der Waals surface area contributed by atoms with E-state index in [1.54, 1.807) is 0 Å². The molecule has 0 heterocycles. The van der Waals surface area contributed by atoms with E-state index in [2.05, 4.69) is 10.6 Å². The fourth-order valence-electron chi connectivity index (χ4n) is 1.94. The number of aliphatic hydroxyl groups excluding tert-OH is 1. The van der Waals surface area contributed by atoms with Crippen molar-refractivity contribution in [3.63, 3.8) is 0 Å². The number of carbonyl (C=O) groups is 1. The van der Waals surface area contributed by atoms with Gasteiger partial charge in [0.15, 0.2) is 0 Å². The molecular formula is C11H22N2O2. The molecule has 2 amide bonds. The largest absolute Gasteiger partial charge is 0.396 e. The molecule has 1 rings (SSSR count). The van der Waals surface area contributed by atoms with Crippen LogP contribution in [0.15, 0.2) is 0 Å². The number of carbonyl (C=O) groups excluding carboxylic acids is 1. The Morgan fingerprint density at radius 1 is 1.40 bits per heavy atom. The quantitative estimate of drug-likeness (QED) is 0.662. The molecule has 0 aliphatic heterocycles. The molecule has 0 unspecified atom stereocenters. The second-order valence-electron chi connectivity index (χ2n) is 4.94. The van der Waals surface area contributed by atoms with Crippen molar-refractivity contribution in [1.29, 1.82) is 0 Å². The molecule has 1 aliphatic carbocycles. The minimum Gasteiger partial charge on any atom is -0.396 e. The molecule has 0 aromatic heterocycles. The number of hydrogen-bond donors (Lipinski definition) is 3. The van der Waals surface area contributed by atoms with Crippen LogP contribution in [0.25, 0.3) is 0 Å². The van der Waals surface area contributed by atoms with E-state index in [4.69, 9.17) is 5.11 Å². The first-order valence-corrected chi connectivity index (χ1v) is 5.73. The SMILES string of the molecule is CC(C)(CCO)NC(=O)NC1CCCC1. The fourth-order valence-corrected chi connectivity index (χ4v) is 1.94. The van der Waals surface area contributed by atoms with Gasteiger partial charge in [0.2, 0.25) is 0 Å². The lowest BCUT2D eigenvalue weighted by Gasteiger charge is -2.26. The third kappa shape index (κ3) is 4.51. The summed E-state index contributed by atoms with van der Waals surface area (Å²) in [5.41, 5.74) is -0.336. The maximum Gasteiger partial charge on any atom is 0.315 e. The van der Waals surface area contributed by atoms with Crippen molar-refractivity contribution >= 4 is 6.03 Å². The predicted molar refractivity (Wildman–Crippen MR) is 59.7 cm³/mol. The molecule has 0 aromatic rings. The zero-order valence-corrected chi connectivity index (χ0v) is 9.68. The minimum atomic E-state index is -0.336. The molecule has 0 aromatic carbocycles. The summed E-state index contributed by atoms with van der Waals surface area (Å²) >= 11 is 0. The smallest absolute Gasteiger partial charge is 0.315 e. The van der Waals surface area contributed by atoms with Gasteiger partial charge in [-0.05, 0) is 33.1 Å². The highest BCUT2D eigenvalue weighted by atomic mass is 16.3. The lowest BCUT2D eigenvalue weighted by atomic mass is 10.0. The van der Waals surface area contributed by atoms with Crippen LogP contribution in [-0.2, 0) is 0 Å². The van der Waals surface area contributed by atoms with Gasteiger partial charge in [-0.25, -0.2) is 4.79 Å². The van der Waals surface area contributed by atoms with Crippen molar-refractivity contribution < 1.29 is 9.90 Å². The predicted octanol–water partition coefficient (Wildman–Crippen LogP) is 1.39. The molecular weight excluding hydrogens is 192 g/mol. The van der Waals surface area contributed by atoms with Gasteiger partial charge < -0.3 is 15.7 Å². The summed E-state index contributed by atoms with van der Waals surface area (Å²) in [6, 6.07) is 0.232. The van der Waals surface area contributed by atoms with E-state index in [0.717, 1.165) is 12.8 Å². The van der Waals surface area contributed by atoms with E-state index in [-0.39, 0.29) is 18.2 Å². The van der Waals surface area contributed by atoms with Crippen molar-refractivity contribution in [2.75, 3.05) is 6.61 Å². The monoisotopic (exact) mass is 214 g/mol. The second kappa shape index (κ2) is 5.35. The van der Waals surface area contributed by atoms with E-state index in [1.165, 1.54) is 12.8 Å². The first-order chi connectivity index (χ1) is 7.03. The molecule has 0 radical (unpaired) electrons. The molecule has 4 heteroatoms. The van der Waals surface area contributed by atoms with Gasteiger partial charge in [0.1, 0.15) is 0 Å². The summed E-state index contributed by atoms with van der Waals surface area (Å²) in [5, 5.41) is 14.7. The van der Waals surface area contributed by atoms with Gasteiger partial charge in [0.25, 0.3) is 0 Å². The first-order valence-electron chi connectivity index (χ1n) is 5.73. The van der Waals surface area contributed by atoms with Crippen molar-refractivity contribution in [1.82, 2.24) is 10.6 Å². The highest BCUT2D eigenvalue weighted by molar-refractivity contribution is 5.75. The van der Waals surface area contributed by atoms with Crippen molar-refractivity contribution in [3.05, 3.63) is 0 Å². The molecule has 1 fully saturated rings. The van der Waals surface area contributed by atoms with Crippen molar-refractivity contribution in [2.24, 2.45) is 0 Å². The summed E-state index contributed by atoms with van der Waals surface area (Å²) in [6.07, 6.45) is 5.18. The Balaban J connectivity index is 2.27. The summed E-state index contributed by atoms with van der Waals surface area (Å²) in [6.45, 7) is 3.92. The van der Waals surface area contributed by atoms with Gasteiger partial charge in [-0.3, -0.25) is 0 Å². The summed E-state index contributed by atoms with van der Waals surface area (Å²) in [5.74, 6) is 0. The van der Waals surface area contributed by atoms with Crippen LogP contribution in [0, 0.1) is 0 Å². The Morgan fingerprint density at radius 3 is 2.53 bits per heavy atom. The Labute approximate surface area is 91.4 Å². The van der Waals surface area contributed by atoms with Crippen LogP contribution >= 0.6 is 0 Å². The maximum atomic E-state index is 11.6. The molecule has 4 nitrogen and oxygen atoms in total. The summed E-state index contributed by atoms with van der Waals surface area (Å²) in [7, 11) is 0. The zero-order valence-electron chi connectivity index (χ0n) is 9.68. The van der Waals surface area contributed by atoms with Gasteiger partial charge in [0, 0.05) is 18.2 Å². The summed E-state index contributed by atoms with van der Waals surface area (Å²) < 4.78 is 0. The third-order valence-electron chi connectivity index (χ3n) is 2.88. The minimum absolute atomic E-state index is 0.0940. The highest BCUT2D eigenvalue weighted by Gasteiger charge is 2.22. The first kappa shape index (κ1) is 12.3. The van der Waals surface area contributed by atoms with Crippen LogP contribution < -0.4 is 10.6 Å². The number of amides is 2. The van der Waals surface area contributed by atoms with Crippen LogP contribution in [0.4, 0.5) is 4.79 Å². The van der Waals surface area contributed by atoms with Crippen LogP contribution in [0.1, 0.15) is 46.0 Å². The van der Waals surface area contributed by atoms with Crippen LogP contribution in [0.3, 0.4) is 0 Å². The van der Waals surface area contributed by atoms with E-state index < -0.39 is 0 Å². The Kier molecular flexibility index (Phi) is 4.39. The molecule has 0 spiro atoms. The maximum absolute atomic E-state index is 11.6. The number of aliphatic hydroxyl groups is 1. The Morgan fingerprint density at radius 2 is 2.00 bits per heavy atom. The molecule has 0 saturated heterocycles. The molecule has 88 valence electrons. The van der Waals surface area contributed by atoms with Crippen LogP contribution in [0.2, 0.25) is 0 Å². The lowest BCUT2D eigenvalue weighted by Crippen LogP contribution is -2.50. The normalized spacial score (nSPS) is 17.8. The Hall–Kier alpha value is -0.770. The molecule has 0 atom stereocenters. The topological polar surface area (TPSA) is 61.4 Å². The van der Waals surface area contributed by atoms with Crippen molar-refractivity contribution in [3.8, 4) is 0 Å². The van der Waals surface area contributed by atoms with Crippen LogP contribution in [-0.4, -0.2) is 29.3 Å². The van der Waals surface area contributed by atoms with E-state index in [0.29, 0.717) is 12.5 Å². The fraction of sp³-hybridized carbons (Fsp3) is 0.909. The average Bonchev–Trinajstić information content (AvgIpc) is 2.54. The molecule has 0 bridgehead atoms. The highest BCUT2D eigenvalue weighted by Crippen LogP contribution is 2.17. The number of nitrogens with one attached hydrogen (secondary N) is 2. The van der Waals surface area contributed by atoms with Crippen LogP contribution in [0.5, 0.6) is 0 Å². The summed E-state index contributed by atoms with van der Waals surface area (Å²) in [4.78, 5) is 11.6. The standard InChI is InChI=1S/C11H22N2O2/c1-11(2,7-8-14)13-10(15)12-9-5-3-4-6-9/h9,14H,3-8H2,1-2H3,(H2,12,13,15). The van der Waals surface area contributed by atoms with Gasteiger partial charge in [-0.15, -0.1) is 0 Å². The van der Waals surface area contributed by atoms with Gasteiger partial charge in [-0.2, -0.15) is 0 Å². The molecule has 1 aliphatic rings. The van der Waals surface area contributed by atoms with E-state index in [1.807, 2.05) is 13.8 Å². The van der Waals surface area contributed by atoms with Gasteiger partial charge in [0.05, 0.1) is 0 Å². The average molecular weight is 214 g/mol. The number of hydrogen-bond acceptors (Lipinski definition) is 2. The van der Waals surface area contributed by atoms with Crippen molar-refractivity contribution in [2.45, 2.75) is 57.5 Å². The molecule has 1 saturated carbocycles. The van der Waals surface area contributed by atoms with E-state index in [9.17, 15) is 4.79 Å². The number of urea groups is 1. The van der Waals surface area contributed by atoms with E-state index >= 15 is 0 Å². The molecule has 3 N–H and O–H groups in total. The second-order valence-corrected chi connectivity index (χ2v) is 4.94. The zero-order chi connectivity index (χ0) is 11.3. The van der Waals surface area contributed by atoms with Gasteiger partial charge in [-0.1, -0.05) is 12.8 Å².